The third-order valence-corrected chi connectivity index (χ3v) is 2.74. The molecule has 1 fully saturated rings. The van der Waals surface area contributed by atoms with Crippen molar-refractivity contribution < 1.29 is 20.1 Å². The fraction of sp³-hybridized carbons (Fsp3) is 0.889. The first-order valence-corrected chi connectivity index (χ1v) is 4.73. The summed E-state index contributed by atoms with van der Waals surface area (Å²) in [5.74, 6) is 0.137. The van der Waals surface area contributed by atoms with Gasteiger partial charge in [0.25, 0.3) is 0 Å². The number of aliphatic hydroxyl groups is 3. The highest BCUT2D eigenvalue weighted by Crippen LogP contribution is 2.37. The van der Waals surface area contributed by atoms with Gasteiger partial charge in [0.15, 0.2) is 0 Å². The van der Waals surface area contributed by atoms with Gasteiger partial charge in [-0.2, -0.15) is 0 Å². The van der Waals surface area contributed by atoms with Gasteiger partial charge < -0.3 is 20.6 Å². The lowest BCUT2D eigenvalue weighted by Gasteiger charge is -2.28. The van der Waals surface area contributed by atoms with Crippen molar-refractivity contribution >= 4 is 5.91 Å². The quantitative estimate of drug-likeness (QED) is 0.436. The first-order chi connectivity index (χ1) is 6.58. The summed E-state index contributed by atoms with van der Waals surface area (Å²) in [5.41, 5.74) is -1.28. The monoisotopic (exact) mass is 203 g/mol. The fourth-order valence-electron chi connectivity index (χ4n) is 1.31. The van der Waals surface area contributed by atoms with Crippen molar-refractivity contribution in [2.24, 2.45) is 11.8 Å². The number of hydrogen-bond acceptors (Lipinski definition) is 4. The molecular weight excluding hydrogens is 186 g/mol. The van der Waals surface area contributed by atoms with Gasteiger partial charge in [-0.15, -0.1) is 0 Å². The number of amides is 1. The van der Waals surface area contributed by atoms with Crippen LogP contribution in [0.25, 0.3) is 0 Å². The number of rotatable bonds is 5. The van der Waals surface area contributed by atoms with E-state index >= 15 is 0 Å². The molecule has 0 bridgehead atoms. The minimum atomic E-state index is -1.28. The maximum absolute atomic E-state index is 11.5. The van der Waals surface area contributed by atoms with Crippen molar-refractivity contribution in [3.63, 3.8) is 0 Å². The number of carbonyl (C=O) groups excluding carboxylic acids is 1. The fourth-order valence-corrected chi connectivity index (χ4v) is 1.31. The lowest BCUT2D eigenvalue weighted by molar-refractivity contribution is -0.126. The SMILES string of the molecule is CC1CC1C(=O)NC(CO)(CO)CO. The molecule has 0 saturated heterocycles. The van der Waals surface area contributed by atoms with E-state index in [1.807, 2.05) is 6.92 Å². The second-order valence-electron chi connectivity index (χ2n) is 4.06. The number of carbonyl (C=O) groups is 1. The van der Waals surface area contributed by atoms with Crippen LogP contribution in [-0.4, -0.2) is 46.6 Å². The standard InChI is InChI=1S/C9H17NO4/c1-6-2-7(6)8(14)10-9(3-11,4-12)5-13/h6-7,11-13H,2-5H2,1H3,(H,10,14). The second-order valence-corrected chi connectivity index (χ2v) is 4.06. The van der Waals surface area contributed by atoms with Crippen LogP contribution in [0, 0.1) is 11.8 Å². The van der Waals surface area contributed by atoms with E-state index in [2.05, 4.69) is 5.32 Å². The zero-order chi connectivity index (χ0) is 10.8. The normalized spacial score (nSPS) is 26.0. The molecule has 0 aromatic carbocycles. The Balaban J connectivity index is 2.50. The van der Waals surface area contributed by atoms with Gasteiger partial charge in [-0.3, -0.25) is 4.79 Å². The van der Waals surface area contributed by atoms with Crippen LogP contribution in [0.1, 0.15) is 13.3 Å². The number of aliphatic hydroxyl groups excluding tert-OH is 3. The maximum atomic E-state index is 11.5. The predicted octanol–water partition coefficient (Wildman–Crippen LogP) is -1.53. The Morgan fingerprint density at radius 3 is 2.07 bits per heavy atom. The van der Waals surface area contributed by atoms with Crippen molar-refractivity contribution in [2.45, 2.75) is 18.9 Å². The summed E-state index contributed by atoms with van der Waals surface area (Å²) < 4.78 is 0. The first kappa shape index (κ1) is 11.4. The van der Waals surface area contributed by atoms with Gasteiger partial charge in [-0.05, 0) is 12.3 Å². The van der Waals surface area contributed by atoms with Gasteiger partial charge in [-0.1, -0.05) is 6.92 Å². The van der Waals surface area contributed by atoms with Crippen LogP contribution in [0.2, 0.25) is 0 Å². The highest BCUT2D eigenvalue weighted by Gasteiger charge is 2.42. The van der Waals surface area contributed by atoms with Crippen LogP contribution in [0.15, 0.2) is 0 Å². The molecule has 5 nitrogen and oxygen atoms in total. The molecule has 0 aliphatic heterocycles. The van der Waals surface area contributed by atoms with E-state index in [4.69, 9.17) is 15.3 Å². The molecule has 0 spiro atoms. The molecule has 14 heavy (non-hydrogen) atoms. The summed E-state index contributed by atoms with van der Waals surface area (Å²) in [7, 11) is 0. The largest absolute Gasteiger partial charge is 0.394 e. The van der Waals surface area contributed by atoms with Gasteiger partial charge >= 0.3 is 0 Å². The van der Waals surface area contributed by atoms with Crippen LogP contribution in [0.4, 0.5) is 0 Å². The topological polar surface area (TPSA) is 89.8 Å². The third kappa shape index (κ3) is 2.23. The van der Waals surface area contributed by atoms with E-state index in [0.29, 0.717) is 5.92 Å². The van der Waals surface area contributed by atoms with Gasteiger partial charge in [0.05, 0.1) is 19.8 Å². The molecule has 1 aliphatic rings. The third-order valence-electron chi connectivity index (χ3n) is 2.74. The first-order valence-electron chi connectivity index (χ1n) is 4.73. The molecular formula is C9H17NO4. The molecule has 0 aromatic heterocycles. The zero-order valence-electron chi connectivity index (χ0n) is 8.23. The molecule has 0 radical (unpaired) electrons. The Hall–Kier alpha value is -0.650. The number of hydrogen-bond donors (Lipinski definition) is 4. The van der Waals surface area contributed by atoms with E-state index in [9.17, 15) is 4.79 Å². The van der Waals surface area contributed by atoms with E-state index in [-0.39, 0.29) is 11.8 Å². The van der Waals surface area contributed by atoms with Crippen molar-refractivity contribution in [1.29, 1.82) is 0 Å². The zero-order valence-corrected chi connectivity index (χ0v) is 8.23. The molecule has 2 unspecified atom stereocenters. The molecule has 4 N–H and O–H groups in total. The summed E-state index contributed by atoms with van der Waals surface area (Å²) in [4.78, 5) is 11.5. The van der Waals surface area contributed by atoms with Crippen molar-refractivity contribution in [1.82, 2.24) is 5.32 Å². The molecule has 5 heteroatoms. The summed E-state index contributed by atoms with van der Waals surface area (Å²) in [6, 6.07) is 0. The molecule has 1 amide bonds. The molecule has 1 saturated carbocycles. The lowest BCUT2D eigenvalue weighted by Crippen LogP contribution is -2.57. The average molecular weight is 203 g/mol. The van der Waals surface area contributed by atoms with Gasteiger partial charge in [-0.25, -0.2) is 0 Å². The molecule has 1 aliphatic carbocycles. The van der Waals surface area contributed by atoms with Gasteiger partial charge in [0.2, 0.25) is 5.91 Å². The van der Waals surface area contributed by atoms with Crippen molar-refractivity contribution in [3.05, 3.63) is 0 Å². The minimum Gasteiger partial charge on any atom is -0.394 e. The van der Waals surface area contributed by atoms with E-state index in [0.717, 1.165) is 6.42 Å². The summed E-state index contributed by atoms with van der Waals surface area (Å²) >= 11 is 0. The van der Waals surface area contributed by atoms with Gasteiger partial charge in [0.1, 0.15) is 5.54 Å². The molecule has 2 atom stereocenters. The molecule has 82 valence electrons. The number of nitrogens with one attached hydrogen (secondary N) is 1. The van der Waals surface area contributed by atoms with E-state index in [1.54, 1.807) is 0 Å². The summed E-state index contributed by atoms with van der Waals surface area (Å²) in [6.07, 6.45) is 0.837. The van der Waals surface area contributed by atoms with Crippen molar-refractivity contribution in [3.8, 4) is 0 Å². The minimum absolute atomic E-state index is 0.0287. The summed E-state index contributed by atoms with van der Waals surface area (Å²) in [6.45, 7) is 0.565. The molecule has 0 aromatic rings. The Bertz CT molecular complexity index is 207. The Labute approximate surface area is 82.7 Å². The second kappa shape index (κ2) is 4.25. The van der Waals surface area contributed by atoms with Gasteiger partial charge in [0, 0.05) is 5.92 Å². The Morgan fingerprint density at radius 2 is 1.79 bits per heavy atom. The smallest absolute Gasteiger partial charge is 0.224 e. The Morgan fingerprint density at radius 1 is 1.36 bits per heavy atom. The predicted molar refractivity (Wildman–Crippen MR) is 49.4 cm³/mol. The van der Waals surface area contributed by atoms with Crippen LogP contribution in [0.5, 0.6) is 0 Å². The Kier molecular flexibility index (Phi) is 3.47. The van der Waals surface area contributed by atoms with Crippen LogP contribution in [0.3, 0.4) is 0 Å². The van der Waals surface area contributed by atoms with Crippen LogP contribution < -0.4 is 5.32 Å². The maximum Gasteiger partial charge on any atom is 0.224 e. The van der Waals surface area contributed by atoms with E-state index in [1.165, 1.54) is 0 Å². The van der Waals surface area contributed by atoms with Crippen LogP contribution >= 0.6 is 0 Å². The van der Waals surface area contributed by atoms with Crippen LogP contribution in [-0.2, 0) is 4.79 Å². The highest BCUT2D eigenvalue weighted by atomic mass is 16.3. The highest BCUT2D eigenvalue weighted by molar-refractivity contribution is 5.82. The summed E-state index contributed by atoms with van der Waals surface area (Å²) in [5, 5.41) is 29.4. The molecule has 1 rings (SSSR count). The average Bonchev–Trinajstić information content (AvgIpc) is 2.92. The molecule has 0 heterocycles. The van der Waals surface area contributed by atoms with Crippen molar-refractivity contribution in [2.75, 3.05) is 19.8 Å². The lowest BCUT2D eigenvalue weighted by atomic mass is 10.0. The van der Waals surface area contributed by atoms with E-state index < -0.39 is 25.4 Å².